The van der Waals surface area contributed by atoms with E-state index in [2.05, 4.69) is 26.5 Å². The van der Waals surface area contributed by atoms with E-state index in [1.807, 2.05) is 25.1 Å². The quantitative estimate of drug-likeness (QED) is 0.106. The molecule has 186 valence electrons. The molecule has 4 aromatic carbocycles. The topological polar surface area (TPSA) is 77.0 Å². The molecule has 0 atom stereocenters. The number of nitrogens with zero attached hydrogens (tertiary/aromatic N) is 1. The van der Waals surface area contributed by atoms with E-state index < -0.39 is 11.9 Å². The van der Waals surface area contributed by atoms with Crippen LogP contribution in [-0.2, 0) is 6.61 Å². The van der Waals surface area contributed by atoms with Crippen LogP contribution >= 0.6 is 27.5 Å². The highest BCUT2D eigenvalue weighted by atomic mass is 79.9. The number of rotatable bonds is 8. The first-order valence-corrected chi connectivity index (χ1v) is 12.4. The van der Waals surface area contributed by atoms with Crippen LogP contribution in [0.15, 0.2) is 101 Å². The van der Waals surface area contributed by atoms with Crippen LogP contribution < -0.4 is 14.9 Å². The van der Waals surface area contributed by atoms with Gasteiger partial charge in [0, 0.05) is 20.6 Å². The molecule has 1 N–H and O–H groups in total. The Hall–Kier alpha value is -3.94. The molecule has 8 heteroatoms. The predicted octanol–water partition coefficient (Wildman–Crippen LogP) is 6.97. The lowest BCUT2D eigenvalue weighted by Crippen LogP contribution is -2.17. The lowest BCUT2D eigenvalue weighted by atomic mass is 10.1. The normalized spacial score (nSPS) is 10.8. The molecule has 0 aliphatic rings. The van der Waals surface area contributed by atoms with Crippen LogP contribution in [0.5, 0.6) is 11.5 Å². The van der Waals surface area contributed by atoms with Crippen LogP contribution in [-0.4, -0.2) is 18.1 Å². The van der Waals surface area contributed by atoms with Crippen molar-refractivity contribution in [2.75, 3.05) is 0 Å². The minimum atomic E-state index is -0.483. The van der Waals surface area contributed by atoms with Gasteiger partial charge in [0.2, 0.25) is 0 Å². The van der Waals surface area contributed by atoms with E-state index in [4.69, 9.17) is 21.1 Å². The van der Waals surface area contributed by atoms with Crippen LogP contribution in [0.25, 0.3) is 0 Å². The molecule has 0 aliphatic heterocycles. The third-order valence-electron chi connectivity index (χ3n) is 5.23. The van der Waals surface area contributed by atoms with Gasteiger partial charge in [0.15, 0.2) is 0 Å². The van der Waals surface area contributed by atoms with Crippen molar-refractivity contribution >= 4 is 45.6 Å². The summed E-state index contributed by atoms with van der Waals surface area (Å²) >= 11 is 9.30. The molecule has 1 amide bonds. The summed E-state index contributed by atoms with van der Waals surface area (Å²) in [5.74, 6) is 0.0657. The van der Waals surface area contributed by atoms with Crippen LogP contribution in [0.3, 0.4) is 0 Å². The van der Waals surface area contributed by atoms with Gasteiger partial charge in [-0.1, -0.05) is 57.4 Å². The second-order valence-electron chi connectivity index (χ2n) is 8.08. The number of nitrogens with one attached hydrogen (secondary N) is 1. The number of esters is 1. The summed E-state index contributed by atoms with van der Waals surface area (Å²) in [6, 6.07) is 26.4. The number of aryl methyl sites for hydroxylation is 1. The van der Waals surface area contributed by atoms with Gasteiger partial charge in [-0.3, -0.25) is 4.79 Å². The van der Waals surface area contributed by atoms with Crippen molar-refractivity contribution in [3.05, 3.63) is 128 Å². The fourth-order valence-corrected chi connectivity index (χ4v) is 3.82. The molecule has 0 unspecified atom stereocenters. The maximum Gasteiger partial charge on any atom is 0.343 e. The van der Waals surface area contributed by atoms with Gasteiger partial charge < -0.3 is 9.47 Å². The van der Waals surface area contributed by atoms with Gasteiger partial charge >= 0.3 is 5.97 Å². The van der Waals surface area contributed by atoms with Crippen molar-refractivity contribution in [3.8, 4) is 11.5 Å². The smallest absolute Gasteiger partial charge is 0.343 e. The highest BCUT2D eigenvalue weighted by molar-refractivity contribution is 9.10. The lowest BCUT2D eigenvalue weighted by molar-refractivity contribution is 0.0734. The van der Waals surface area contributed by atoms with Crippen molar-refractivity contribution in [1.29, 1.82) is 0 Å². The number of benzene rings is 4. The fourth-order valence-electron chi connectivity index (χ4n) is 3.32. The van der Waals surface area contributed by atoms with Gasteiger partial charge in [0.05, 0.1) is 11.8 Å². The summed E-state index contributed by atoms with van der Waals surface area (Å²) in [4.78, 5) is 25.1. The van der Waals surface area contributed by atoms with Crippen LogP contribution in [0.2, 0.25) is 5.02 Å². The molecular weight excluding hydrogens is 556 g/mol. The Morgan fingerprint density at radius 3 is 2.43 bits per heavy atom. The van der Waals surface area contributed by atoms with Crippen LogP contribution in [0.4, 0.5) is 0 Å². The van der Waals surface area contributed by atoms with Crippen molar-refractivity contribution in [2.45, 2.75) is 13.5 Å². The summed E-state index contributed by atoms with van der Waals surface area (Å²) < 4.78 is 12.1. The SMILES string of the molecule is Cc1cccc(C(=O)Oc2ccc(Br)cc2C=NNC(=O)c2ccc(OCc3ccc(Cl)cc3)cc2)c1. The predicted molar refractivity (Wildman–Crippen MR) is 148 cm³/mol. The van der Waals surface area contributed by atoms with E-state index in [9.17, 15) is 9.59 Å². The highest BCUT2D eigenvalue weighted by Gasteiger charge is 2.12. The molecule has 0 saturated heterocycles. The zero-order chi connectivity index (χ0) is 26.2. The Morgan fingerprint density at radius 2 is 1.70 bits per heavy atom. The summed E-state index contributed by atoms with van der Waals surface area (Å²) in [6.45, 7) is 2.29. The third-order valence-corrected chi connectivity index (χ3v) is 5.98. The lowest BCUT2D eigenvalue weighted by Gasteiger charge is -2.09. The molecule has 0 spiro atoms. The number of carbonyl (C=O) groups is 2. The Labute approximate surface area is 228 Å². The molecule has 0 heterocycles. The van der Waals surface area contributed by atoms with Gasteiger partial charge in [-0.15, -0.1) is 0 Å². The molecule has 0 radical (unpaired) electrons. The third kappa shape index (κ3) is 7.52. The van der Waals surface area contributed by atoms with Gasteiger partial charge in [-0.05, 0) is 79.2 Å². The highest BCUT2D eigenvalue weighted by Crippen LogP contribution is 2.23. The zero-order valence-corrected chi connectivity index (χ0v) is 22.1. The molecular formula is C29H22BrClN2O4. The van der Waals surface area contributed by atoms with Crippen molar-refractivity contribution < 1.29 is 19.1 Å². The van der Waals surface area contributed by atoms with E-state index in [0.717, 1.165) is 15.6 Å². The molecule has 0 saturated carbocycles. The summed E-state index contributed by atoms with van der Waals surface area (Å²) in [7, 11) is 0. The van der Waals surface area contributed by atoms with E-state index in [0.29, 0.717) is 39.8 Å². The number of halogens is 2. The van der Waals surface area contributed by atoms with E-state index in [-0.39, 0.29) is 0 Å². The van der Waals surface area contributed by atoms with Crippen molar-refractivity contribution in [1.82, 2.24) is 5.43 Å². The summed E-state index contributed by atoms with van der Waals surface area (Å²) in [6.07, 6.45) is 1.42. The maximum atomic E-state index is 12.6. The molecule has 4 rings (SSSR count). The van der Waals surface area contributed by atoms with Gasteiger partial charge in [0.1, 0.15) is 18.1 Å². The standard InChI is InChI=1S/C29H22BrClN2O4/c1-19-3-2-4-22(15-19)29(35)37-27-14-9-24(30)16-23(27)17-32-33-28(34)21-7-12-26(13-8-21)36-18-20-5-10-25(31)11-6-20/h2-17H,18H2,1H3,(H,33,34). The maximum absolute atomic E-state index is 12.6. The van der Waals surface area contributed by atoms with Crippen molar-refractivity contribution in [3.63, 3.8) is 0 Å². The minimum absolute atomic E-state index is 0.315. The monoisotopic (exact) mass is 576 g/mol. The second-order valence-corrected chi connectivity index (χ2v) is 9.43. The summed E-state index contributed by atoms with van der Waals surface area (Å²) in [5, 5.41) is 4.71. The Kier molecular flexibility index (Phi) is 8.72. The summed E-state index contributed by atoms with van der Waals surface area (Å²) in [5.41, 5.74) is 5.80. The second kappa shape index (κ2) is 12.3. The average molecular weight is 578 g/mol. The van der Waals surface area contributed by atoms with Crippen LogP contribution in [0, 0.1) is 6.92 Å². The number of hydrogen-bond acceptors (Lipinski definition) is 5. The molecule has 0 fully saturated rings. The number of hydrogen-bond donors (Lipinski definition) is 1. The molecule has 6 nitrogen and oxygen atoms in total. The number of ether oxygens (including phenoxy) is 2. The zero-order valence-electron chi connectivity index (χ0n) is 19.8. The number of hydrazone groups is 1. The Bertz CT molecular complexity index is 1440. The van der Waals surface area contributed by atoms with Gasteiger partial charge in [-0.2, -0.15) is 5.10 Å². The first-order chi connectivity index (χ1) is 17.9. The minimum Gasteiger partial charge on any atom is -0.489 e. The molecule has 0 aromatic heterocycles. The molecule has 0 bridgehead atoms. The fraction of sp³-hybridized carbons (Fsp3) is 0.0690. The van der Waals surface area contributed by atoms with E-state index >= 15 is 0 Å². The van der Waals surface area contributed by atoms with Gasteiger partial charge in [-0.25, -0.2) is 10.2 Å². The van der Waals surface area contributed by atoms with E-state index in [1.54, 1.807) is 72.8 Å². The van der Waals surface area contributed by atoms with Crippen molar-refractivity contribution in [2.24, 2.45) is 5.10 Å². The van der Waals surface area contributed by atoms with E-state index in [1.165, 1.54) is 6.21 Å². The first-order valence-electron chi connectivity index (χ1n) is 11.3. The Morgan fingerprint density at radius 1 is 0.946 bits per heavy atom. The largest absolute Gasteiger partial charge is 0.489 e. The Balaban J connectivity index is 1.36. The number of amides is 1. The average Bonchev–Trinajstić information content (AvgIpc) is 2.90. The number of carbonyl (C=O) groups excluding carboxylic acids is 2. The van der Waals surface area contributed by atoms with Gasteiger partial charge in [0.25, 0.3) is 5.91 Å². The molecule has 4 aromatic rings. The molecule has 0 aliphatic carbocycles. The van der Waals surface area contributed by atoms with Crippen LogP contribution in [0.1, 0.15) is 37.4 Å². The first kappa shape index (κ1) is 26.1. The molecule has 37 heavy (non-hydrogen) atoms.